The average molecular weight is 337 g/mol. The van der Waals surface area contributed by atoms with E-state index in [-0.39, 0.29) is 0 Å². The SMILES string of the molecule is COC(=O)C(=O)C[C@H](c1ccccc1)C(C(=O)OC(C)C)[N+](=O)[O-]. The predicted molar refractivity (Wildman–Crippen MR) is 82.8 cm³/mol. The molecule has 0 N–H and O–H groups in total. The van der Waals surface area contributed by atoms with Crippen LogP contribution in [0.25, 0.3) is 0 Å². The lowest BCUT2D eigenvalue weighted by Gasteiger charge is -2.20. The Balaban J connectivity index is 3.22. The van der Waals surface area contributed by atoms with Gasteiger partial charge >= 0.3 is 18.0 Å². The van der Waals surface area contributed by atoms with Crippen LogP contribution in [0.1, 0.15) is 31.7 Å². The molecule has 0 saturated heterocycles. The maximum atomic E-state index is 12.1. The number of nitrogens with zero attached hydrogens (tertiary/aromatic N) is 1. The van der Waals surface area contributed by atoms with Crippen LogP contribution >= 0.6 is 0 Å². The second-order valence-electron chi connectivity index (χ2n) is 5.35. The summed E-state index contributed by atoms with van der Waals surface area (Å²) in [7, 11) is 1.04. The Morgan fingerprint density at radius 2 is 1.75 bits per heavy atom. The maximum Gasteiger partial charge on any atom is 0.382 e. The molecule has 0 bridgehead atoms. The molecule has 0 fully saturated rings. The van der Waals surface area contributed by atoms with E-state index in [9.17, 15) is 24.5 Å². The van der Waals surface area contributed by atoms with E-state index < -0.39 is 47.1 Å². The molecular weight excluding hydrogens is 318 g/mol. The van der Waals surface area contributed by atoms with Crippen LogP contribution in [0.3, 0.4) is 0 Å². The van der Waals surface area contributed by atoms with E-state index >= 15 is 0 Å². The molecule has 24 heavy (non-hydrogen) atoms. The molecule has 0 spiro atoms. The highest BCUT2D eigenvalue weighted by molar-refractivity contribution is 6.33. The quantitative estimate of drug-likeness (QED) is 0.306. The molecular formula is C16H19NO7. The summed E-state index contributed by atoms with van der Waals surface area (Å²) < 4.78 is 9.28. The van der Waals surface area contributed by atoms with Crippen molar-refractivity contribution < 1.29 is 28.8 Å². The highest BCUT2D eigenvalue weighted by atomic mass is 16.6. The molecule has 0 radical (unpaired) electrons. The van der Waals surface area contributed by atoms with E-state index in [1.165, 1.54) is 0 Å². The van der Waals surface area contributed by atoms with Gasteiger partial charge in [-0.05, 0) is 19.4 Å². The van der Waals surface area contributed by atoms with Gasteiger partial charge in [-0.3, -0.25) is 14.9 Å². The average Bonchev–Trinajstić information content (AvgIpc) is 2.53. The van der Waals surface area contributed by atoms with Crippen LogP contribution in [0.2, 0.25) is 0 Å². The van der Waals surface area contributed by atoms with Crippen molar-refractivity contribution in [1.82, 2.24) is 0 Å². The molecule has 0 heterocycles. The van der Waals surface area contributed by atoms with E-state index in [1.807, 2.05) is 0 Å². The summed E-state index contributed by atoms with van der Waals surface area (Å²) in [6.45, 7) is 3.12. The number of esters is 2. The second kappa shape index (κ2) is 8.76. The van der Waals surface area contributed by atoms with Gasteiger partial charge in [0.2, 0.25) is 5.78 Å². The number of ketones is 1. The van der Waals surface area contributed by atoms with Crippen molar-refractivity contribution in [2.45, 2.75) is 38.3 Å². The Labute approximate surface area is 138 Å². The Bertz CT molecular complexity index is 612. The van der Waals surface area contributed by atoms with Crippen LogP contribution in [-0.4, -0.2) is 41.9 Å². The molecule has 1 aromatic rings. The third kappa shape index (κ3) is 5.15. The summed E-state index contributed by atoms with van der Waals surface area (Å²) in [5.41, 5.74) is 0.386. The molecule has 1 aromatic carbocycles. The molecule has 0 aliphatic carbocycles. The largest absolute Gasteiger partial charge is 0.463 e. The van der Waals surface area contributed by atoms with Gasteiger partial charge in [-0.2, -0.15) is 0 Å². The molecule has 0 aromatic heterocycles. The van der Waals surface area contributed by atoms with E-state index in [2.05, 4.69) is 4.74 Å². The number of benzene rings is 1. The van der Waals surface area contributed by atoms with E-state index in [0.29, 0.717) is 5.56 Å². The molecule has 1 rings (SSSR count). The lowest BCUT2D eigenvalue weighted by atomic mass is 9.87. The summed E-state index contributed by atoms with van der Waals surface area (Å²) >= 11 is 0. The van der Waals surface area contributed by atoms with Crippen LogP contribution in [0.15, 0.2) is 30.3 Å². The number of nitro groups is 1. The number of methoxy groups -OCH3 is 1. The number of Topliss-reactive ketones (excluding diaryl/α,β-unsaturated/α-hetero) is 1. The normalized spacial score (nSPS) is 13.0. The van der Waals surface area contributed by atoms with Gasteiger partial charge in [-0.1, -0.05) is 30.3 Å². The van der Waals surface area contributed by atoms with Crippen molar-refractivity contribution >= 4 is 17.7 Å². The third-order valence-corrected chi connectivity index (χ3v) is 3.25. The van der Waals surface area contributed by atoms with E-state index in [0.717, 1.165) is 7.11 Å². The van der Waals surface area contributed by atoms with Gasteiger partial charge in [0.1, 0.15) is 0 Å². The molecule has 0 aliphatic heterocycles. The topological polar surface area (TPSA) is 113 Å². The molecule has 0 saturated carbocycles. The summed E-state index contributed by atoms with van der Waals surface area (Å²) in [5, 5.41) is 11.4. The summed E-state index contributed by atoms with van der Waals surface area (Å²) in [5.74, 6) is -4.26. The first-order valence-electron chi connectivity index (χ1n) is 7.28. The van der Waals surface area contributed by atoms with Crippen molar-refractivity contribution in [2.75, 3.05) is 7.11 Å². The van der Waals surface area contributed by atoms with Gasteiger partial charge in [-0.15, -0.1) is 0 Å². The fraction of sp³-hybridized carbons (Fsp3) is 0.438. The molecule has 0 amide bonds. The van der Waals surface area contributed by atoms with Gasteiger partial charge in [0.05, 0.1) is 19.1 Å². The minimum Gasteiger partial charge on any atom is -0.463 e. The van der Waals surface area contributed by atoms with Crippen LogP contribution in [0.5, 0.6) is 0 Å². The lowest BCUT2D eigenvalue weighted by molar-refractivity contribution is -0.514. The zero-order valence-electron chi connectivity index (χ0n) is 13.6. The van der Waals surface area contributed by atoms with Gasteiger partial charge in [0.15, 0.2) is 0 Å². The van der Waals surface area contributed by atoms with Crippen molar-refractivity contribution in [3.05, 3.63) is 46.0 Å². The van der Waals surface area contributed by atoms with Gasteiger partial charge in [0.25, 0.3) is 0 Å². The molecule has 8 heteroatoms. The van der Waals surface area contributed by atoms with Gasteiger partial charge < -0.3 is 9.47 Å². The minimum atomic E-state index is -1.80. The summed E-state index contributed by atoms with van der Waals surface area (Å²) in [6, 6.07) is 6.23. The Morgan fingerprint density at radius 3 is 2.21 bits per heavy atom. The highest BCUT2D eigenvalue weighted by Gasteiger charge is 2.43. The van der Waals surface area contributed by atoms with Gasteiger partial charge in [-0.25, -0.2) is 9.59 Å². The number of ether oxygens (including phenoxy) is 2. The summed E-state index contributed by atoms with van der Waals surface area (Å²) in [6.07, 6.45) is -1.08. The Morgan fingerprint density at radius 1 is 1.17 bits per heavy atom. The van der Waals surface area contributed by atoms with Crippen molar-refractivity contribution in [2.24, 2.45) is 0 Å². The van der Waals surface area contributed by atoms with Crippen LogP contribution in [0, 0.1) is 10.1 Å². The van der Waals surface area contributed by atoms with Crippen LogP contribution in [0.4, 0.5) is 0 Å². The molecule has 130 valence electrons. The van der Waals surface area contributed by atoms with Crippen LogP contribution < -0.4 is 0 Å². The highest BCUT2D eigenvalue weighted by Crippen LogP contribution is 2.27. The smallest absolute Gasteiger partial charge is 0.382 e. The zero-order valence-corrected chi connectivity index (χ0v) is 13.6. The zero-order chi connectivity index (χ0) is 18.3. The van der Waals surface area contributed by atoms with Gasteiger partial charge in [0, 0.05) is 11.3 Å². The Kier molecular flexibility index (Phi) is 7.03. The molecule has 2 atom stereocenters. The van der Waals surface area contributed by atoms with Crippen molar-refractivity contribution in [3.63, 3.8) is 0 Å². The number of hydrogen-bond acceptors (Lipinski definition) is 7. The number of carbonyl (C=O) groups is 3. The third-order valence-electron chi connectivity index (χ3n) is 3.25. The van der Waals surface area contributed by atoms with E-state index in [4.69, 9.17) is 4.74 Å². The molecule has 8 nitrogen and oxygen atoms in total. The van der Waals surface area contributed by atoms with E-state index in [1.54, 1.807) is 44.2 Å². The first-order chi connectivity index (χ1) is 11.3. The Hall–Kier alpha value is -2.77. The number of rotatable bonds is 8. The van der Waals surface area contributed by atoms with Crippen molar-refractivity contribution in [3.8, 4) is 0 Å². The number of carbonyl (C=O) groups excluding carboxylic acids is 3. The first-order valence-corrected chi connectivity index (χ1v) is 7.28. The fourth-order valence-electron chi connectivity index (χ4n) is 2.21. The molecule has 1 unspecified atom stereocenters. The van der Waals surface area contributed by atoms with Crippen molar-refractivity contribution in [1.29, 1.82) is 0 Å². The number of hydrogen-bond donors (Lipinski definition) is 0. The maximum absolute atomic E-state index is 12.1. The predicted octanol–water partition coefficient (Wildman–Crippen LogP) is 1.50. The summed E-state index contributed by atoms with van der Waals surface area (Å²) in [4.78, 5) is 46.0. The van der Waals surface area contributed by atoms with Crippen LogP contribution in [-0.2, 0) is 23.9 Å². The lowest BCUT2D eigenvalue weighted by Crippen LogP contribution is -2.39. The molecule has 0 aliphatic rings. The monoisotopic (exact) mass is 337 g/mol. The second-order valence-corrected chi connectivity index (χ2v) is 5.35. The minimum absolute atomic E-state index is 0.386. The standard InChI is InChI=1S/C16H19NO7/c1-10(2)24-16(20)14(17(21)22)12(9-13(18)15(19)23-3)11-7-5-4-6-8-11/h4-8,10,12,14H,9H2,1-3H3/t12-,14?/m1/s1. The fourth-order valence-corrected chi connectivity index (χ4v) is 2.21. The first kappa shape index (κ1) is 19.3.